The molecule has 0 spiro atoms. The van der Waals surface area contributed by atoms with Crippen LogP contribution in [0.25, 0.3) is 0 Å². The zero-order valence-electron chi connectivity index (χ0n) is 57.1. The first-order valence-corrected chi connectivity index (χ1v) is 30.9. The van der Waals surface area contributed by atoms with Gasteiger partial charge in [0.2, 0.25) is 12.6 Å². The Labute approximate surface area is 544 Å². The lowest BCUT2D eigenvalue weighted by molar-refractivity contribution is -0.401. The number of hydrogen-bond donors (Lipinski definition) is 0. The van der Waals surface area contributed by atoms with E-state index in [2.05, 4.69) is 0 Å². The summed E-state index contributed by atoms with van der Waals surface area (Å²) in [5.74, 6) is 0.151. The molecule has 14 bridgehead atoms. The van der Waals surface area contributed by atoms with Gasteiger partial charge in [0.05, 0.1) is 39.1 Å². The molecule has 0 aromatic rings. The molecule has 0 aromatic heterocycles. The molecule has 542 valence electrons. The topological polar surface area (TPSA) is 305 Å². The SMILES string of the molecule is COCC1O[C@@H]2O[C@@H]3C(C)O[C@H](O[C@@H]4C(COC)O[C@@H](O[C@@H]5C(COC)O[C@H](O[C@@H]6C(COC)O[C@@H](O[C@@H]7C(COC)O[C@@H](OC8=CO[C@@H](O[C@H]1C(OC)C2OC)C(OC)C8OC)C(OC)C7OC)C(OC)C6OC)C(OC)C5OC)C(OC)C4OC)C(OC)C3OC. The van der Waals surface area contributed by atoms with Crippen LogP contribution in [0.3, 0.4) is 0 Å². The summed E-state index contributed by atoms with van der Waals surface area (Å²) in [6.07, 6.45) is -31.4. The lowest BCUT2D eigenvalue weighted by Crippen LogP contribution is -2.69. The van der Waals surface area contributed by atoms with Gasteiger partial charge in [-0.05, 0) is 6.92 Å². The molecule has 21 aliphatic rings. The molecule has 0 aliphatic carbocycles. The average molecular weight is 1350 g/mol. The van der Waals surface area contributed by atoms with E-state index in [1.165, 1.54) is 141 Å². The van der Waals surface area contributed by atoms with Crippen LogP contribution in [0.5, 0.6) is 0 Å². The van der Waals surface area contributed by atoms with E-state index in [1.807, 2.05) is 6.92 Å². The van der Waals surface area contributed by atoms with E-state index in [4.69, 9.17) is 156 Å². The maximum atomic E-state index is 7.00. The van der Waals surface area contributed by atoms with E-state index < -0.39 is 203 Å². The normalized spacial score (nSPS) is 46.1. The molecule has 33 atom stereocenters. The van der Waals surface area contributed by atoms with Gasteiger partial charge in [-0.1, -0.05) is 0 Å². The molecule has 8 saturated heterocycles. The minimum Gasteiger partial charge on any atom is -0.466 e. The Balaban J connectivity index is 1.21. The molecule has 21 rings (SSSR count). The lowest BCUT2D eigenvalue weighted by Gasteiger charge is -2.52. The van der Waals surface area contributed by atoms with Gasteiger partial charge in [-0.25, -0.2) is 0 Å². The summed E-state index contributed by atoms with van der Waals surface area (Å²) in [5, 5.41) is 0. The molecule has 0 saturated carbocycles. The Morgan fingerprint density at radius 2 is 0.484 bits per heavy atom. The van der Waals surface area contributed by atoms with E-state index >= 15 is 0 Å². The molecule has 0 radical (unpaired) electrons. The zero-order chi connectivity index (χ0) is 67.2. The maximum Gasteiger partial charge on any atom is 0.229 e. The molecular weight excluding hydrogens is 1250 g/mol. The minimum atomic E-state index is -1.21. The second-order valence-electron chi connectivity index (χ2n) is 23.2. The molecular formula is C60H104O33. The fourth-order valence-corrected chi connectivity index (χ4v) is 13.9. The van der Waals surface area contributed by atoms with Gasteiger partial charge in [0.15, 0.2) is 43.3 Å². The van der Waals surface area contributed by atoms with Crippen LogP contribution in [0, 0.1) is 0 Å². The first-order valence-electron chi connectivity index (χ1n) is 30.9. The summed E-state index contributed by atoms with van der Waals surface area (Å²) in [4.78, 5) is 0. The number of hydrogen-bond acceptors (Lipinski definition) is 33. The van der Waals surface area contributed by atoms with Gasteiger partial charge in [0.25, 0.3) is 0 Å². The Morgan fingerprint density at radius 1 is 0.247 bits per heavy atom. The van der Waals surface area contributed by atoms with Crippen molar-refractivity contribution in [3.8, 4) is 0 Å². The number of rotatable bonds is 24. The lowest BCUT2D eigenvalue weighted by atomic mass is 9.94. The standard InChI is InChI=1S/C60H104O33/c1-27-34-41(67-8)48(74-15)55(81-27)90-37-30(23-63-4)84-58(51(77-18)44(37)70-11)92-39-32(25-65-6)86-60(53(79-20)46(39)72-13)93-40-31(24-64-5)85-59(52(78-19)45(40)71-12)91-38-29(22-62-3)82-56(49(75-16)43(38)69-10)87-33-26-80-54(47(73-14)35(33)66-7)89-36-28(21-61-2)83-57(88-34)50(76-17)42(36)68-9/h26-32,34-60H,21-25H2,1-20H3/t27?,28?,29?,30?,31?,32?,34-,35?,36-,37-,38-,39-,40-,41?,42?,43?,44?,45?,46?,47?,48?,49?,50?,51?,52?,53?,54+,55-,56+,57-,58+,59+,60-/m1/s1. The monoisotopic (exact) mass is 1350 g/mol. The third-order valence-corrected chi connectivity index (χ3v) is 18.3. The summed E-state index contributed by atoms with van der Waals surface area (Å²) < 4.78 is 211. The fourth-order valence-electron chi connectivity index (χ4n) is 13.9. The van der Waals surface area contributed by atoms with Crippen LogP contribution >= 0.6 is 0 Å². The zero-order valence-corrected chi connectivity index (χ0v) is 57.1. The fraction of sp³-hybridized carbons (Fsp3) is 0.967. The predicted molar refractivity (Wildman–Crippen MR) is 311 cm³/mol. The highest BCUT2D eigenvalue weighted by atomic mass is 16.8. The van der Waals surface area contributed by atoms with Crippen molar-refractivity contribution in [3.63, 3.8) is 0 Å². The quantitative estimate of drug-likeness (QED) is 0.116. The maximum absolute atomic E-state index is 7.00. The van der Waals surface area contributed by atoms with Crippen molar-refractivity contribution in [2.45, 2.75) is 210 Å². The van der Waals surface area contributed by atoms with Crippen molar-refractivity contribution in [2.75, 3.05) is 168 Å². The van der Waals surface area contributed by atoms with Crippen LogP contribution in [0.2, 0.25) is 0 Å². The summed E-state index contributed by atoms with van der Waals surface area (Å²) in [6, 6.07) is 0. The number of ether oxygens (including phenoxy) is 33. The van der Waals surface area contributed by atoms with Crippen molar-refractivity contribution in [1.82, 2.24) is 0 Å². The summed E-state index contributed by atoms with van der Waals surface area (Å²) in [7, 11) is 28.7. The first-order chi connectivity index (χ1) is 45.2. The van der Waals surface area contributed by atoms with Gasteiger partial charge in [-0.15, -0.1) is 0 Å². The molecule has 0 amide bonds. The highest BCUT2D eigenvalue weighted by molar-refractivity contribution is 5.09. The Hall–Kier alpha value is -1.90. The minimum absolute atomic E-state index is 0.00535. The molecule has 0 N–H and O–H groups in total. The van der Waals surface area contributed by atoms with Crippen LogP contribution in [-0.4, -0.2) is 371 Å². The molecule has 20 unspecified atom stereocenters. The predicted octanol–water partition coefficient (Wildman–Crippen LogP) is -0.663. The van der Waals surface area contributed by atoms with Gasteiger partial charge in [0.1, 0.15) is 153 Å². The largest absolute Gasteiger partial charge is 0.466 e. The second-order valence-corrected chi connectivity index (χ2v) is 23.2. The summed E-state index contributed by atoms with van der Waals surface area (Å²) in [5.41, 5.74) is 0. The molecule has 93 heavy (non-hydrogen) atoms. The second kappa shape index (κ2) is 37.0. The molecule has 33 nitrogen and oxygen atoms in total. The summed E-state index contributed by atoms with van der Waals surface area (Å²) >= 11 is 0. The molecule has 33 heteroatoms. The van der Waals surface area contributed by atoms with Gasteiger partial charge < -0.3 is 156 Å². The molecule has 8 fully saturated rings. The average Bonchev–Trinajstić information content (AvgIpc) is 0.782. The van der Waals surface area contributed by atoms with E-state index in [0.717, 1.165) is 0 Å². The van der Waals surface area contributed by atoms with Crippen LogP contribution in [0.15, 0.2) is 12.0 Å². The Bertz CT molecular complexity index is 2160. The Kier molecular flexibility index (Phi) is 30.5. The molecule has 0 aromatic carbocycles. The van der Waals surface area contributed by atoms with Crippen molar-refractivity contribution < 1.29 is 156 Å². The van der Waals surface area contributed by atoms with Gasteiger partial charge in [-0.3, -0.25) is 0 Å². The van der Waals surface area contributed by atoms with E-state index in [-0.39, 0.29) is 38.8 Å². The van der Waals surface area contributed by atoms with Crippen LogP contribution in [-0.2, 0) is 156 Å². The third-order valence-electron chi connectivity index (χ3n) is 18.3. The van der Waals surface area contributed by atoms with Gasteiger partial charge >= 0.3 is 0 Å². The molecule has 21 aliphatic heterocycles. The van der Waals surface area contributed by atoms with Crippen molar-refractivity contribution in [1.29, 1.82) is 0 Å². The Morgan fingerprint density at radius 3 is 0.753 bits per heavy atom. The van der Waals surface area contributed by atoms with Crippen molar-refractivity contribution >= 4 is 0 Å². The van der Waals surface area contributed by atoms with Crippen LogP contribution < -0.4 is 0 Å². The van der Waals surface area contributed by atoms with E-state index in [0.29, 0.717) is 0 Å². The highest BCUT2D eigenvalue weighted by Crippen LogP contribution is 2.42. The first kappa shape index (κ1) is 76.8. The smallest absolute Gasteiger partial charge is 0.229 e. The van der Waals surface area contributed by atoms with Crippen molar-refractivity contribution in [3.05, 3.63) is 12.0 Å². The van der Waals surface area contributed by atoms with E-state index in [9.17, 15) is 0 Å². The molecule has 21 heterocycles. The van der Waals surface area contributed by atoms with Gasteiger partial charge in [0, 0.05) is 135 Å². The third kappa shape index (κ3) is 16.5. The summed E-state index contributed by atoms with van der Waals surface area (Å²) in [6.45, 7) is 1.71. The van der Waals surface area contributed by atoms with Crippen LogP contribution in [0.4, 0.5) is 0 Å². The van der Waals surface area contributed by atoms with E-state index in [1.54, 1.807) is 0 Å². The van der Waals surface area contributed by atoms with Gasteiger partial charge in [-0.2, -0.15) is 0 Å². The van der Waals surface area contributed by atoms with Crippen molar-refractivity contribution in [2.24, 2.45) is 0 Å². The van der Waals surface area contributed by atoms with Crippen LogP contribution in [0.1, 0.15) is 6.92 Å². The highest BCUT2D eigenvalue weighted by Gasteiger charge is 2.61. The number of methoxy groups -OCH3 is 19.